The van der Waals surface area contributed by atoms with Crippen LogP contribution in [0.1, 0.15) is 28.8 Å². The SMILES string of the molecule is CNC(c1cc(C)oc1C)c1cnnn1C. The second-order valence-electron chi connectivity index (χ2n) is 3.87. The van der Waals surface area contributed by atoms with Crippen molar-refractivity contribution in [3.8, 4) is 0 Å². The monoisotopic (exact) mass is 220 g/mol. The first-order valence-corrected chi connectivity index (χ1v) is 5.22. The molecule has 0 fully saturated rings. The van der Waals surface area contributed by atoms with Crippen LogP contribution in [0.15, 0.2) is 16.7 Å². The van der Waals surface area contributed by atoms with Crippen molar-refractivity contribution in [3.63, 3.8) is 0 Å². The Hall–Kier alpha value is -1.62. The molecule has 86 valence electrons. The van der Waals surface area contributed by atoms with Gasteiger partial charge in [0.15, 0.2) is 0 Å². The summed E-state index contributed by atoms with van der Waals surface area (Å²) in [4.78, 5) is 0. The summed E-state index contributed by atoms with van der Waals surface area (Å²) in [5.41, 5.74) is 2.15. The molecule has 2 aromatic rings. The number of nitrogens with one attached hydrogen (secondary N) is 1. The van der Waals surface area contributed by atoms with Gasteiger partial charge >= 0.3 is 0 Å². The minimum Gasteiger partial charge on any atom is -0.466 e. The molecule has 0 aliphatic carbocycles. The lowest BCUT2D eigenvalue weighted by molar-refractivity contribution is 0.494. The molecule has 0 aromatic carbocycles. The maximum atomic E-state index is 5.55. The highest BCUT2D eigenvalue weighted by atomic mass is 16.3. The van der Waals surface area contributed by atoms with E-state index in [1.54, 1.807) is 10.9 Å². The fraction of sp³-hybridized carbons (Fsp3) is 0.455. The molecule has 16 heavy (non-hydrogen) atoms. The Morgan fingerprint density at radius 3 is 2.62 bits per heavy atom. The minimum atomic E-state index is 0.0671. The van der Waals surface area contributed by atoms with Crippen molar-refractivity contribution in [2.24, 2.45) is 7.05 Å². The van der Waals surface area contributed by atoms with Gasteiger partial charge in [-0.05, 0) is 27.0 Å². The van der Waals surface area contributed by atoms with Gasteiger partial charge in [-0.15, -0.1) is 5.10 Å². The van der Waals surface area contributed by atoms with E-state index in [0.717, 1.165) is 22.8 Å². The van der Waals surface area contributed by atoms with Crippen LogP contribution in [0.2, 0.25) is 0 Å². The summed E-state index contributed by atoms with van der Waals surface area (Å²) in [5.74, 6) is 1.85. The van der Waals surface area contributed by atoms with Crippen LogP contribution < -0.4 is 5.32 Å². The van der Waals surface area contributed by atoms with Crippen molar-refractivity contribution in [1.82, 2.24) is 20.3 Å². The van der Waals surface area contributed by atoms with Crippen molar-refractivity contribution in [3.05, 3.63) is 35.0 Å². The van der Waals surface area contributed by atoms with E-state index < -0.39 is 0 Å². The van der Waals surface area contributed by atoms with Gasteiger partial charge in [0.2, 0.25) is 0 Å². The van der Waals surface area contributed by atoms with Crippen LogP contribution in [0.3, 0.4) is 0 Å². The third-order valence-corrected chi connectivity index (χ3v) is 2.72. The summed E-state index contributed by atoms with van der Waals surface area (Å²) in [7, 11) is 3.80. The smallest absolute Gasteiger partial charge is 0.106 e. The maximum absolute atomic E-state index is 5.55. The molecule has 0 aliphatic rings. The first-order valence-electron chi connectivity index (χ1n) is 5.22. The summed E-state index contributed by atoms with van der Waals surface area (Å²) in [6.45, 7) is 3.92. The third kappa shape index (κ3) is 1.74. The Bertz CT molecular complexity index is 486. The Kier molecular flexibility index (Phi) is 2.78. The van der Waals surface area contributed by atoms with E-state index in [2.05, 4.69) is 15.6 Å². The highest BCUT2D eigenvalue weighted by molar-refractivity contribution is 5.30. The fourth-order valence-electron chi connectivity index (χ4n) is 1.96. The first-order chi connectivity index (χ1) is 7.63. The molecule has 0 saturated carbocycles. The average molecular weight is 220 g/mol. The minimum absolute atomic E-state index is 0.0671. The molecule has 0 spiro atoms. The molecule has 1 N–H and O–H groups in total. The van der Waals surface area contributed by atoms with E-state index in [1.165, 1.54) is 0 Å². The zero-order valence-electron chi connectivity index (χ0n) is 9.98. The van der Waals surface area contributed by atoms with Gasteiger partial charge < -0.3 is 9.73 Å². The van der Waals surface area contributed by atoms with Crippen molar-refractivity contribution in [2.45, 2.75) is 19.9 Å². The summed E-state index contributed by atoms with van der Waals surface area (Å²) in [6, 6.07) is 2.11. The Balaban J connectivity index is 2.44. The molecule has 0 radical (unpaired) electrons. The molecule has 1 atom stereocenters. The molecule has 0 amide bonds. The van der Waals surface area contributed by atoms with Gasteiger partial charge in [-0.25, -0.2) is 0 Å². The highest BCUT2D eigenvalue weighted by Crippen LogP contribution is 2.26. The van der Waals surface area contributed by atoms with Crippen molar-refractivity contribution < 1.29 is 4.42 Å². The summed E-state index contributed by atoms with van der Waals surface area (Å²) >= 11 is 0. The zero-order valence-corrected chi connectivity index (χ0v) is 9.98. The number of aromatic nitrogens is 3. The van der Waals surface area contributed by atoms with Gasteiger partial charge in [0.05, 0.1) is 17.9 Å². The molecule has 2 heterocycles. The van der Waals surface area contributed by atoms with E-state index in [4.69, 9.17) is 4.42 Å². The zero-order chi connectivity index (χ0) is 11.7. The number of furan rings is 1. The molecule has 5 nitrogen and oxygen atoms in total. The topological polar surface area (TPSA) is 55.9 Å². The molecular weight excluding hydrogens is 204 g/mol. The van der Waals surface area contributed by atoms with Crippen molar-refractivity contribution in [1.29, 1.82) is 0 Å². The van der Waals surface area contributed by atoms with Gasteiger partial charge in [0, 0.05) is 12.6 Å². The maximum Gasteiger partial charge on any atom is 0.106 e. The van der Waals surface area contributed by atoms with Crippen molar-refractivity contribution in [2.75, 3.05) is 7.05 Å². The average Bonchev–Trinajstić information content (AvgIpc) is 2.77. The Labute approximate surface area is 94.5 Å². The van der Waals surface area contributed by atoms with E-state index in [0.29, 0.717) is 0 Å². The van der Waals surface area contributed by atoms with Gasteiger partial charge in [-0.1, -0.05) is 5.21 Å². The second kappa shape index (κ2) is 4.09. The quantitative estimate of drug-likeness (QED) is 0.848. The standard InChI is InChI=1S/C11H16N4O/c1-7-5-9(8(2)16-7)11(12-3)10-6-13-14-15(10)4/h5-6,11-12H,1-4H3. The van der Waals surface area contributed by atoms with Crippen LogP contribution in [0, 0.1) is 13.8 Å². The van der Waals surface area contributed by atoms with Crippen LogP contribution in [0.5, 0.6) is 0 Å². The second-order valence-corrected chi connectivity index (χ2v) is 3.87. The molecule has 2 aromatic heterocycles. The van der Waals surface area contributed by atoms with E-state index in [-0.39, 0.29) is 6.04 Å². The lowest BCUT2D eigenvalue weighted by Crippen LogP contribution is -2.20. The number of rotatable bonds is 3. The van der Waals surface area contributed by atoms with Gasteiger partial charge in [0.1, 0.15) is 11.5 Å². The summed E-state index contributed by atoms with van der Waals surface area (Å²) in [5, 5.41) is 11.1. The first kappa shape index (κ1) is 10.9. The van der Waals surface area contributed by atoms with Crippen LogP contribution in [0.4, 0.5) is 0 Å². The fourth-order valence-corrected chi connectivity index (χ4v) is 1.96. The van der Waals surface area contributed by atoms with Crippen LogP contribution in [-0.2, 0) is 7.05 Å². The highest BCUT2D eigenvalue weighted by Gasteiger charge is 2.20. The Morgan fingerprint density at radius 1 is 1.44 bits per heavy atom. The van der Waals surface area contributed by atoms with Crippen LogP contribution in [-0.4, -0.2) is 22.0 Å². The Morgan fingerprint density at radius 2 is 2.19 bits per heavy atom. The third-order valence-electron chi connectivity index (χ3n) is 2.72. The molecule has 0 bridgehead atoms. The van der Waals surface area contributed by atoms with Gasteiger partial charge in [-0.3, -0.25) is 4.68 Å². The number of hydrogen-bond acceptors (Lipinski definition) is 4. The van der Waals surface area contributed by atoms with Gasteiger partial charge in [-0.2, -0.15) is 0 Å². The van der Waals surface area contributed by atoms with E-state index in [1.807, 2.05) is 34.0 Å². The number of hydrogen-bond donors (Lipinski definition) is 1. The van der Waals surface area contributed by atoms with E-state index >= 15 is 0 Å². The van der Waals surface area contributed by atoms with Crippen LogP contribution >= 0.6 is 0 Å². The van der Waals surface area contributed by atoms with Gasteiger partial charge in [0.25, 0.3) is 0 Å². The summed E-state index contributed by atoms with van der Waals surface area (Å²) in [6.07, 6.45) is 1.77. The molecule has 0 aliphatic heterocycles. The number of aryl methyl sites for hydroxylation is 3. The molecule has 2 rings (SSSR count). The number of nitrogens with zero attached hydrogens (tertiary/aromatic N) is 3. The molecule has 1 unspecified atom stereocenters. The predicted molar refractivity (Wildman–Crippen MR) is 60.1 cm³/mol. The largest absolute Gasteiger partial charge is 0.466 e. The summed E-state index contributed by atoms with van der Waals surface area (Å²) < 4.78 is 7.31. The lowest BCUT2D eigenvalue weighted by Gasteiger charge is -2.14. The normalized spacial score (nSPS) is 13.0. The molecule has 5 heteroatoms. The lowest BCUT2D eigenvalue weighted by atomic mass is 10.1. The van der Waals surface area contributed by atoms with E-state index in [9.17, 15) is 0 Å². The van der Waals surface area contributed by atoms with Crippen LogP contribution in [0.25, 0.3) is 0 Å². The molecular formula is C11H16N4O. The van der Waals surface area contributed by atoms with Crippen molar-refractivity contribution >= 4 is 0 Å². The molecule has 0 saturated heterocycles. The predicted octanol–water partition coefficient (Wildman–Crippen LogP) is 1.33.